The van der Waals surface area contributed by atoms with E-state index < -0.39 is 29.8 Å². The third-order valence-corrected chi connectivity index (χ3v) is 4.10. The number of nitrogens with one attached hydrogen (secondary N) is 1. The Morgan fingerprint density at radius 1 is 1.21 bits per heavy atom. The first-order valence-corrected chi connectivity index (χ1v) is 8.31. The lowest BCUT2D eigenvalue weighted by atomic mass is 10.1. The predicted molar refractivity (Wildman–Crippen MR) is 103 cm³/mol. The summed E-state index contributed by atoms with van der Waals surface area (Å²) < 4.78 is 6.53. The molecule has 0 spiro atoms. The number of aliphatic carboxylic acids is 1. The molecular formula is C20H20N2O6. The highest BCUT2D eigenvalue weighted by molar-refractivity contribution is 6.08. The van der Waals surface area contributed by atoms with E-state index in [4.69, 9.17) is 9.84 Å². The first kappa shape index (κ1) is 20.6. The molecule has 2 aromatic rings. The number of carboxylic acids is 1. The fraction of sp³-hybridized carbons (Fsp3) is 0.200. The van der Waals surface area contributed by atoms with Gasteiger partial charge in [-0.15, -0.1) is 0 Å². The number of carbonyl (C=O) groups is 3. The van der Waals surface area contributed by atoms with Crippen molar-refractivity contribution >= 4 is 23.7 Å². The summed E-state index contributed by atoms with van der Waals surface area (Å²) in [5, 5.41) is 10.8. The van der Waals surface area contributed by atoms with Crippen molar-refractivity contribution in [3.05, 3.63) is 69.1 Å². The molecule has 1 amide bonds. The molecule has 8 heteroatoms. The Kier molecular flexibility index (Phi) is 6.49. The van der Waals surface area contributed by atoms with Crippen LogP contribution in [0.1, 0.15) is 32.0 Å². The number of carbonyl (C=O) groups excluding carboxylic acids is 2. The molecule has 146 valence electrons. The van der Waals surface area contributed by atoms with Gasteiger partial charge in [0.1, 0.15) is 17.9 Å². The van der Waals surface area contributed by atoms with Gasteiger partial charge in [0, 0.05) is 24.4 Å². The number of benzene rings is 1. The smallest absolute Gasteiger partial charge is 0.322 e. The summed E-state index contributed by atoms with van der Waals surface area (Å²) in [4.78, 5) is 47.2. The van der Waals surface area contributed by atoms with Gasteiger partial charge < -0.3 is 19.7 Å². The molecule has 0 unspecified atom stereocenters. The van der Waals surface area contributed by atoms with Gasteiger partial charge in [-0.05, 0) is 30.7 Å². The predicted octanol–water partition coefficient (Wildman–Crippen LogP) is 1.41. The highest BCUT2D eigenvalue weighted by atomic mass is 16.5. The lowest BCUT2D eigenvalue weighted by Crippen LogP contribution is -2.29. The highest BCUT2D eigenvalue weighted by Gasteiger charge is 2.17. The van der Waals surface area contributed by atoms with Gasteiger partial charge in [-0.25, -0.2) is 0 Å². The number of rotatable bonds is 7. The maximum atomic E-state index is 12.5. The average Bonchev–Trinajstić information content (AvgIpc) is 2.68. The Labute approximate surface area is 161 Å². The van der Waals surface area contributed by atoms with E-state index in [2.05, 4.69) is 5.32 Å². The van der Waals surface area contributed by atoms with Crippen molar-refractivity contribution in [1.82, 2.24) is 9.88 Å². The summed E-state index contributed by atoms with van der Waals surface area (Å²) in [6.45, 7) is 1.27. The molecule has 2 rings (SSSR count). The van der Waals surface area contributed by atoms with Crippen LogP contribution in [0, 0.1) is 6.92 Å². The summed E-state index contributed by atoms with van der Waals surface area (Å²) in [7, 11) is 2.97. The van der Waals surface area contributed by atoms with Crippen molar-refractivity contribution in [2.45, 2.75) is 6.92 Å². The molecular weight excluding hydrogens is 364 g/mol. The van der Waals surface area contributed by atoms with E-state index in [9.17, 15) is 19.2 Å². The van der Waals surface area contributed by atoms with Crippen molar-refractivity contribution in [3.8, 4) is 5.75 Å². The quantitative estimate of drug-likeness (QED) is 0.551. The molecule has 2 N–H and O–H groups in total. The van der Waals surface area contributed by atoms with Crippen molar-refractivity contribution in [1.29, 1.82) is 0 Å². The lowest BCUT2D eigenvalue weighted by Gasteiger charge is -2.10. The number of carboxylic acid groups (broad SMARTS) is 1. The first-order chi connectivity index (χ1) is 13.2. The van der Waals surface area contributed by atoms with E-state index in [0.29, 0.717) is 16.8 Å². The Morgan fingerprint density at radius 2 is 1.86 bits per heavy atom. The van der Waals surface area contributed by atoms with Gasteiger partial charge in [-0.2, -0.15) is 0 Å². The van der Waals surface area contributed by atoms with E-state index in [-0.39, 0.29) is 11.3 Å². The highest BCUT2D eigenvalue weighted by Crippen LogP contribution is 2.17. The molecule has 0 aliphatic rings. The van der Waals surface area contributed by atoms with Crippen LogP contribution in [0.3, 0.4) is 0 Å². The van der Waals surface area contributed by atoms with Crippen LogP contribution in [-0.4, -0.2) is 41.0 Å². The zero-order valence-corrected chi connectivity index (χ0v) is 15.7. The van der Waals surface area contributed by atoms with E-state index in [1.54, 1.807) is 32.2 Å². The number of aryl methyl sites for hydroxylation is 1. The molecule has 1 aromatic heterocycles. The van der Waals surface area contributed by atoms with Crippen molar-refractivity contribution < 1.29 is 24.2 Å². The minimum Gasteiger partial charge on any atom is -0.496 e. The van der Waals surface area contributed by atoms with Gasteiger partial charge in [-0.1, -0.05) is 18.2 Å². The molecule has 28 heavy (non-hydrogen) atoms. The van der Waals surface area contributed by atoms with Gasteiger partial charge in [0.2, 0.25) is 0 Å². The minimum atomic E-state index is -1.14. The minimum absolute atomic E-state index is 0.0588. The van der Waals surface area contributed by atoms with Crippen molar-refractivity contribution in [2.24, 2.45) is 7.05 Å². The second-order valence-corrected chi connectivity index (χ2v) is 5.99. The Morgan fingerprint density at radius 3 is 2.43 bits per heavy atom. The Hall–Kier alpha value is -3.68. The fourth-order valence-corrected chi connectivity index (χ4v) is 2.44. The van der Waals surface area contributed by atoms with Crippen LogP contribution in [0.2, 0.25) is 0 Å². The van der Waals surface area contributed by atoms with E-state index in [1.807, 2.05) is 0 Å². The first-order valence-electron chi connectivity index (χ1n) is 8.31. The van der Waals surface area contributed by atoms with Gasteiger partial charge in [0.25, 0.3) is 11.5 Å². The molecule has 0 bridgehead atoms. The maximum absolute atomic E-state index is 12.5. The van der Waals surface area contributed by atoms with Gasteiger partial charge in [0.15, 0.2) is 5.78 Å². The summed E-state index contributed by atoms with van der Waals surface area (Å²) in [5.41, 5.74) is 1.08. The topological polar surface area (TPSA) is 115 Å². The number of methoxy groups -OCH3 is 1. The monoisotopic (exact) mass is 384 g/mol. The van der Waals surface area contributed by atoms with E-state index >= 15 is 0 Å². The average molecular weight is 384 g/mol. The number of hydrogen-bond donors (Lipinski definition) is 2. The molecule has 0 fully saturated rings. The molecule has 1 aromatic carbocycles. The van der Waals surface area contributed by atoms with Gasteiger partial charge in [-0.3, -0.25) is 19.2 Å². The van der Waals surface area contributed by atoms with E-state index in [1.165, 1.54) is 36.0 Å². The molecule has 0 saturated carbocycles. The normalized spacial score (nSPS) is 10.7. The van der Waals surface area contributed by atoms with Gasteiger partial charge >= 0.3 is 5.97 Å². The summed E-state index contributed by atoms with van der Waals surface area (Å²) in [6, 6.07) is 7.83. The summed E-state index contributed by atoms with van der Waals surface area (Å²) >= 11 is 0. The molecule has 0 aliphatic carbocycles. The number of ketones is 1. The molecule has 8 nitrogen and oxygen atoms in total. The van der Waals surface area contributed by atoms with Crippen LogP contribution in [0.15, 0.2) is 41.2 Å². The van der Waals surface area contributed by atoms with Crippen LogP contribution in [-0.2, 0) is 11.8 Å². The summed E-state index contributed by atoms with van der Waals surface area (Å²) in [5.74, 6) is -1.94. The van der Waals surface area contributed by atoms with Crippen molar-refractivity contribution in [3.63, 3.8) is 0 Å². The lowest BCUT2D eigenvalue weighted by molar-refractivity contribution is -0.135. The summed E-state index contributed by atoms with van der Waals surface area (Å²) in [6.07, 6.45) is 2.77. The number of pyridine rings is 1. The van der Waals surface area contributed by atoms with Gasteiger partial charge in [0.05, 0.1) is 7.11 Å². The Balaban J connectivity index is 2.19. The Bertz CT molecular complexity index is 1000. The molecule has 0 aliphatic heterocycles. The van der Waals surface area contributed by atoms with Crippen LogP contribution in [0.25, 0.3) is 6.08 Å². The second-order valence-electron chi connectivity index (χ2n) is 5.99. The zero-order chi connectivity index (χ0) is 20.8. The van der Waals surface area contributed by atoms with Crippen LogP contribution in [0.5, 0.6) is 5.75 Å². The number of ether oxygens (including phenoxy) is 1. The molecule has 0 radical (unpaired) electrons. The maximum Gasteiger partial charge on any atom is 0.322 e. The van der Waals surface area contributed by atoms with Crippen LogP contribution >= 0.6 is 0 Å². The number of amides is 1. The molecule has 0 atom stereocenters. The van der Waals surface area contributed by atoms with E-state index in [0.717, 1.165) is 0 Å². The number of aromatic nitrogens is 1. The molecule has 0 saturated heterocycles. The van der Waals surface area contributed by atoms with Crippen LogP contribution in [0.4, 0.5) is 0 Å². The zero-order valence-electron chi connectivity index (χ0n) is 15.7. The third-order valence-electron chi connectivity index (χ3n) is 4.10. The SMILES string of the molecule is COc1cc(C)n(C)c(=O)c1C(=O)C=Cc1ccc(C(=O)NCC(=O)O)cc1. The fourth-order valence-electron chi connectivity index (χ4n) is 2.44. The standard InChI is InChI=1S/C20H20N2O6/c1-12-10-16(28-3)18(20(27)22(12)2)15(23)9-6-13-4-7-14(8-5-13)19(26)21-11-17(24)25/h4-10H,11H2,1-3H3,(H,21,26)(H,24,25). The number of hydrogen-bond acceptors (Lipinski definition) is 5. The number of nitrogens with zero attached hydrogens (tertiary/aromatic N) is 1. The number of allylic oxidation sites excluding steroid dienone is 1. The molecule has 1 heterocycles. The largest absolute Gasteiger partial charge is 0.496 e. The van der Waals surface area contributed by atoms with Crippen molar-refractivity contribution in [2.75, 3.05) is 13.7 Å². The second kappa shape index (κ2) is 8.81. The third kappa shape index (κ3) is 4.73. The van der Waals surface area contributed by atoms with Crippen LogP contribution < -0.4 is 15.6 Å².